The molecular weight excluding hydrogens is 369 g/mol. The first-order valence-electron chi connectivity index (χ1n) is 8.34. The van der Waals surface area contributed by atoms with E-state index in [1.54, 1.807) is 24.3 Å². The summed E-state index contributed by atoms with van der Waals surface area (Å²) in [5, 5.41) is 20.6. The van der Waals surface area contributed by atoms with Crippen LogP contribution in [0.25, 0.3) is 0 Å². The van der Waals surface area contributed by atoms with E-state index in [4.69, 9.17) is 0 Å². The van der Waals surface area contributed by atoms with Crippen molar-refractivity contribution in [3.63, 3.8) is 0 Å². The van der Waals surface area contributed by atoms with Crippen molar-refractivity contribution < 1.29 is 14.3 Å². The average Bonchev–Trinajstić information content (AvgIpc) is 3.32. The summed E-state index contributed by atoms with van der Waals surface area (Å²) in [6.45, 7) is 0.422. The number of carbonyl (C=O) groups is 1. The molecule has 0 unspecified atom stereocenters. The lowest BCUT2D eigenvalue weighted by Crippen LogP contribution is -2.25. The molecule has 0 aliphatic carbocycles. The Balaban J connectivity index is 1.53. The first-order valence-corrected chi connectivity index (χ1v) is 9.22. The molecule has 138 valence electrons. The van der Waals surface area contributed by atoms with Crippen LogP contribution in [0.4, 0.5) is 15.3 Å². The standard InChI is InChI=1S/C18H16FN5O2S/c19-13-4-1-11(2-5-13)15-7-14(25)9-24(15)16-6-3-12(8-20-16)17(26)22-18-23-21-10-27-18/h1-6,8,10,14-15,25H,7,9H2,(H,22,23,26)/t14-,15+/m1/s1. The number of amides is 1. The zero-order valence-electron chi connectivity index (χ0n) is 14.1. The number of halogens is 1. The molecule has 0 radical (unpaired) electrons. The second-order valence-electron chi connectivity index (χ2n) is 6.21. The van der Waals surface area contributed by atoms with Crippen LogP contribution < -0.4 is 10.2 Å². The van der Waals surface area contributed by atoms with Gasteiger partial charge in [-0.05, 0) is 36.2 Å². The van der Waals surface area contributed by atoms with E-state index in [9.17, 15) is 14.3 Å². The maximum absolute atomic E-state index is 13.2. The Morgan fingerprint density at radius 1 is 1.26 bits per heavy atom. The van der Waals surface area contributed by atoms with Crippen LogP contribution >= 0.6 is 11.3 Å². The Hall–Kier alpha value is -2.91. The molecule has 1 amide bonds. The number of β-amino-alcohol motifs (C(OH)–C–C–N with tert-alkyl or cyclic N) is 1. The van der Waals surface area contributed by atoms with Crippen molar-refractivity contribution in [2.45, 2.75) is 18.6 Å². The second kappa shape index (κ2) is 7.37. The number of pyridine rings is 1. The van der Waals surface area contributed by atoms with E-state index < -0.39 is 6.10 Å². The van der Waals surface area contributed by atoms with Gasteiger partial charge in [0.05, 0.1) is 17.7 Å². The van der Waals surface area contributed by atoms with Crippen LogP contribution in [0, 0.1) is 5.82 Å². The van der Waals surface area contributed by atoms with E-state index in [0.29, 0.717) is 29.5 Å². The summed E-state index contributed by atoms with van der Waals surface area (Å²) in [5.74, 6) is 0.0310. The zero-order chi connectivity index (χ0) is 18.8. The summed E-state index contributed by atoms with van der Waals surface area (Å²) in [7, 11) is 0. The van der Waals surface area contributed by atoms with Gasteiger partial charge in [0.25, 0.3) is 5.91 Å². The summed E-state index contributed by atoms with van der Waals surface area (Å²) in [6, 6.07) is 9.56. The minimum Gasteiger partial charge on any atom is -0.391 e. The molecule has 3 aromatic rings. The summed E-state index contributed by atoms with van der Waals surface area (Å²) < 4.78 is 13.2. The fourth-order valence-corrected chi connectivity index (χ4v) is 3.60. The molecule has 1 fully saturated rings. The monoisotopic (exact) mass is 385 g/mol. The van der Waals surface area contributed by atoms with Crippen LogP contribution in [-0.2, 0) is 0 Å². The molecule has 2 aromatic heterocycles. The summed E-state index contributed by atoms with van der Waals surface area (Å²) in [4.78, 5) is 18.6. The lowest BCUT2D eigenvalue weighted by molar-refractivity contribution is 0.102. The predicted molar refractivity (Wildman–Crippen MR) is 99.2 cm³/mol. The number of anilines is 2. The molecule has 27 heavy (non-hydrogen) atoms. The quantitative estimate of drug-likeness (QED) is 0.717. The van der Waals surface area contributed by atoms with Gasteiger partial charge in [-0.15, -0.1) is 10.2 Å². The van der Waals surface area contributed by atoms with Gasteiger partial charge >= 0.3 is 0 Å². The van der Waals surface area contributed by atoms with Crippen LogP contribution in [0.5, 0.6) is 0 Å². The minimum atomic E-state index is -0.498. The molecule has 7 nitrogen and oxygen atoms in total. The summed E-state index contributed by atoms with van der Waals surface area (Å²) in [6.07, 6.45) is 1.52. The molecule has 1 aliphatic rings. The highest BCUT2D eigenvalue weighted by Crippen LogP contribution is 2.35. The highest BCUT2D eigenvalue weighted by Gasteiger charge is 2.33. The van der Waals surface area contributed by atoms with Gasteiger partial charge in [-0.3, -0.25) is 10.1 Å². The van der Waals surface area contributed by atoms with Gasteiger partial charge in [0, 0.05) is 12.7 Å². The van der Waals surface area contributed by atoms with Crippen LogP contribution in [0.15, 0.2) is 48.1 Å². The number of carbonyl (C=O) groups excluding carboxylic acids is 1. The first kappa shape index (κ1) is 17.5. The van der Waals surface area contributed by atoms with Gasteiger partial charge in [-0.25, -0.2) is 9.37 Å². The number of nitrogens with zero attached hydrogens (tertiary/aromatic N) is 4. The lowest BCUT2D eigenvalue weighted by Gasteiger charge is -2.25. The molecule has 9 heteroatoms. The molecular formula is C18H16FN5O2S. The van der Waals surface area contributed by atoms with E-state index in [-0.39, 0.29) is 17.8 Å². The SMILES string of the molecule is O=C(Nc1nncs1)c1ccc(N2C[C@H](O)C[C@H]2c2ccc(F)cc2)nc1. The number of aliphatic hydroxyl groups is 1. The number of aromatic nitrogens is 3. The van der Waals surface area contributed by atoms with Gasteiger partial charge in [-0.2, -0.15) is 0 Å². The van der Waals surface area contributed by atoms with Gasteiger partial charge in [0.2, 0.25) is 5.13 Å². The van der Waals surface area contributed by atoms with Crippen LogP contribution in [0.2, 0.25) is 0 Å². The third-order valence-electron chi connectivity index (χ3n) is 4.42. The number of benzene rings is 1. The molecule has 1 saturated heterocycles. The Labute approximate surface area is 158 Å². The molecule has 4 rings (SSSR count). The number of nitrogens with one attached hydrogen (secondary N) is 1. The Bertz CT molecular complexity index is 918. The lowest BCUT2D eigenvalue weighted by atomic mass is 10.0. The molecule has 0 bridgehead atoms. The van der Waals surface area contributed by atoms with E-state index in [0.717, 1.165) is 5.56 Å². The van der Waals surface area contributed by atoms with Crippen LogP contribution in [-0.4, -0.2) is 38.8 Å². The minimum absolute atomic E-state index is 0.103. The fraction of sp³-hybridized carbons (Fsp3) is 0.222. The largest absolute Gasteiger partial charge is 0.391 e. The van der Waals surface area contributed by atoms with E-state index in [2.05, 4.69) is 20.5 Å². The zero-order valence-corrected chi connectivity index (χ0v) is 14.9. The van der Waals surface area contributed by atoms with E-state index in [1.165, 1.54) is 35.2 Å². The van der Waals surface area contributed by atoms with Gasteiger partial charge in [0.1, 0.15) is 17.1 Å². The molecule has 0 saturated carbocycles. The molecule has 2 N–H and O–H groups in total. The van der Waals surface area contributed by atoms with Gasteiger partial charge < -0.3 is 10.0 Å². The van der Waals surface area contributed by atoms with Crippen molar-refractivity contribution in [2.75, 3.05) is 16.8 Å². The first-order chi connectivity index (χ1) is 13.1. The van der Waals surface area contributed by atoms with Crippen molar-refractivity contribution in [2.24, 2.45) is 0 Å². The smallest absolute Gasteiger partial charge is 0.259 e. The Morgan fingerprint density at radius 2 is 2.07 bits per heavy atom. The van der Waals surface area contributed by atoms with E-state index in [1.807, 2.05) is 4.90 Å². The number of hydrogen-bond acceptors (Lipinski definition) is 7. The summed E-state index contributed by atoms with van der Waals surface area (Å²) in [5.41, 5.74) is 2.84. The van der Waals surface area contributed by atoms with Crippen molar-refractivity contribution in [1.29, 1.82) is 0 Å². The third-order valence-corrected chi connectivity index (χ3v) is 5.03. The fourth-order valence-electron chi connectivity index (χ4n) is 3.16. The normalized spacial score (nSPS) is 19.3. The van der Waals surface area contributed by atoms with Gasteiger partial charge in [-0.1, -0.05) is 23.5 Å². The Kier molecular flexibility index (Phi) is 4.78. The number of hydrogen-bond donors (Lipinski definition) is 2. The molecule has 1 aliphatic heterocycles. The molecule has 0 spiro atoms. The average molecular weight is 385 g/mol. The van der Waals surface area contributed by atoms with E-state index >= 15 is 0 Å². The molecule has 1 aromatic carbocycles. The summed E-state index contributed by atoms with van der Waals surface area (Å²) >= 11 is 1.23. The highest BCUT2D eigenvalue weighted by atomic mass is 32.1. The van der Waals surface area contributed by atoms with Crippen LogP contribution in [0.3, 0.4) is 0 Å². The van der Waals surface area contributed by atoms with Crippen molar-refractivity contribution in [3.05, 3.63) is 65.0 Å². The maximum atomic E-state index is 13.2. The third kappa shape index (κ3) is 3.79. The van der Waals surface area contributed by atoms with Crippen molar-refractivity contribution in [3.8, 4) is 0 Å². The van der Waals surface area contributed by atoms with Crippen molar-refractivity contribution >= 4 is 28.2 Å². The molecule has 3 heterocycles. The molecule has 2 atom stereocenters. The second-order valence-corrected chi connectivity index (χ2v) is 7.05. The topological polar surface area (TPSA) is 91.2 Å². The van der Waals surface area contributed by atoms with Crippen LogP contribution in [0.1, 0.15) is 28.4 Å². The highest BCUT2D eigenvalue weighted by molar-refractivity contribution is 7.13. The van der Waals surface area contributed by atoms with Crippen molar-refractivity contribution in [1.82, 2.24) is 15.2 Å². The predicted octanol–water partition coefficient (Wildman–Crippen LogP) is 2.64. The number of aliphatic hydroxyl groups excluding tert-OH is 1. The van der Waals surface area contributed by atoms with Gasteiger partial charge in [0.15, 0.2) is 0 Å². The Morgan fingerprint density at radius 3 is 2.74 bits per heavy atom. The maximum Gasteiger partial charge on any atom is 0.259 e. The number of rotatable bonds is 4.